The Balaban J connectivity index is 2.06. The maximum atomic E-state index is 12.8. The molecular weight excluding hydrogens is 274 g/mol. The molecule has 0 bridgehead atoms. The largest absolute Gasteiger partial charge is 0.347 e. The second-order valence-electron chi connectivity index (χ2n) is 6.41. The normalized spacial score (nSPS) is 16.7. The van der Waals surface area contributed by atoms with E-state index in [4.69, 9.17) is 5.10 Å². The van der Waals surface area contributed by atoms with Crippen molar-refractivity contribution >= 4 is 5.91 Å². The van der Waals surface area contributed by atoms with Gasteiger partial charge in [0.1, 0.15) is 5.54 Å². The third kappa shape index (κ3) is 2.32. The monoisotopic (exact) mass is 297 g/mol. The molecule has 0 saturated heterocycles. The van der Waals surface area contributed by atoms with Crippen molar-refractivity contribution in [1.29, 1.82) is 0 Å². The highest BCUT2D eigenvalue weighted by Crippen LogP contribution is 2.38. The second kappa shape index (κ2) is 5.59. The summed E-state index contributed by atoms with van der Waals surface area (Å²) >= 11 is 0. The topological polar surface area (TPSA) is 38.1 Å². The minimum Gasteiger partial charge on any atom is -0.347 e. The number of hydrogen-bond donors (Lipinski definition) is 0. The van der Waals surface area contributed by atoms with Gasteiger partial charge < -0.3 is 4.90 Å². The molecule has 1 aromatic carbocycles. The zero-order valence-electron chi connectivity index (χ0n) is 13.5. The molecule has 1 saturated carbocycles. The first kappa shape index (κ1) is 14.8. The molecule has 1 amide bonds. The molecule has 0 unspecified atom stereocenters. The van der Waals surface area contributed by atoms with Gasteiger partial charge in [-0.25, -0.2) is 0 Å². The van der Waals surface area contributed by atoms with Crippen molar-refractivity contribution in [3.63, 3.8) is 0 Å². The van der Waals surface area contributed by atoms with Crippen LogP contribution in [0.4, 0.5) is 0 Å². The lowest BCUT2D eigenvalue weighted by molar-refractivity contribution is -0.138. The number of hydrogen-bond acceptors (Lipinski definition) is 2. The van der Waals surface area contributed by atoms with E-state index in [0.717, 1.165) is 42.5 Å². The minimum atomic E-state index is -0.499. The smallest absolute Gasteiger partial charge is 0.250 e. The van der Waals surface area contributed by atoms with Crippen LogP contribution in [-0.2, 0) is 10.3 Å². The van der Waals surface area contributed by atoms with Crippen LogP contribution in [0, 0.1) is 6.92 Å². The molecule has 0 atom stereocenters. The summed E-state index contributed by atoms with van der Waals surface area (Å²) in [5, 5.41) is 4.81. The van der Waals surface area contributed by atoms with Crippen LogP contribution in [-0.4, -0.2) is 34.7 Å². The first-order chi connectivity index (χ1) is 10.5. The number of aromatic nitrogens is 2. The third-order valence-electron chi connectivity index (χ3n) is 4.62. The highest BCUT2D eigenvalue weighted by Gasteiger charge is 2.44. The number of amides is 1. The maximum Gasteiger partial charge on any atom is 0.250 e. The van der Waals surface area contributed by atoms with Gasteiger partial charge in [-0.05, 0) is 25.3 Å². The summed E-state index contributed by atoms with van der Waals surface area (Å²) in [4.78, 5) is 14.5. The van der Waals surface area contributed by atoms with Crippen LogP contribution >= 0.6 is 0 Å². The summed E-state index contributed by atoms with van der Waals surface area (Å²) in [6.45, 7) is 2.06. The Kier molecular flexibility index (Phi) is 3.77. The van der Waals surface area contributed by atoms with Crippen LogP contribution in [0.2, 0.25) is 0 Å². The molecule has 0 aliphatic heterocycles. The SMILES string of the molecule is Cc1cn(C2(C(=O)N(C)C)CCCC2)nc1-c1ccccc1. The Hall–Kier alpha value is -2.10. The lowest BCUT2D eigenvalue weighted by atomic mass is 9.96. The van der Waals surface area contributed by atoms with Gasteiger partial charge in [-0.1, -0.05) is 43.2 Å². The van der Waals surface area contributed by atoms with Crippen LogP contribution < -0.4 is 0 Å². The van der Waals surface area contributed by atoms with Crippen molar-refractivity contribution in [2.75, 3.05) is 14.1 Å². The molecule has 3 rings (SSSR count). The van der Waals surface area contributed by atoms with Crippen molar-refractivity contribution < 1.29 is 4.79 Å². The first-order valence-corrected chi connectivity index (χ1v) is 7.88. The number of rotatable bonds is 3. The number of benzene rings is 1. The zero-order valence-corrected chi connectivity index (χ0v) is 13.5. The molecule has 1 aliphatic carbocycles. The lowest BCUT2D eigenvalue weighted by Gasteiger charge is -2.31. The van der Waals surface area contributed by atoms with E-state index in [1.54, 1.807) is 4.90 Å². The van der Waals surface area contributed by atoms with Gasteiger partial charge in [0.15, 0.2) is 0 Å². The Morgan fingerprint density at radius 3 is 2.41 bits per heavy atom. The fourth-order valence-corrected chi connectivity index (χ4v) is 3.48. The standard InChI is InChI=1S/C18H23N3O/c1-14-13-21(19-16(14)15-9-5-4-6-10-15)18(11-7-8-12-18)17(22)20(2)3/h4-6,9-10,13H,7-8,11-12H2,1-3H3. The molecular formula is C18H23N3O. The summed E-state index contributed by atoms with van der Waals surface area (Å²) in [5.41, 5.74) is 2.69. The average molecular weight is 297 g/mol. The lowest BCUT2D eigenvalue weighted by Crippen LogP contribution is -2.46. The summed E-state index contributed by atoms with van der Waals surface area (Å²) < 4.78 is 1.93. The van der Waals surface area contributed by atoms with Crippen LogP contribution in [0.1, 0.15) is 31.2 Å². The minimum absolute atomic E-state index is 0.159. The molecule has 0 spiro atoms. The number of carbonyl (C=O) groups is 1. The van der Waals surface area contributed by atoms with Crippen LogP contribution in [0.5, 0.6) is 0 Å². The van der Waals surface area contributed by atoms with Crippen LogP contribution in [0.15, 0.2) is 36.5 Å². The average Bonchev–Trinajstić information content (AvgIpc) is 3.15. The van der Waals surface area contributed by atoms with E-state index in [-0.39, 0.29) is 5.91 Å². The second-order valence-corrected chi connectivity index (χ2v) is 6.41. The third-order valence-corrected chi connectivity index (χ3v) is 4.62. The van der Waals surface area contributed by atoms with Gasteiger partial charge in [-0.2, -0.15) is 5.10 Å². The molecule has 2 aromatic rings. The van der Waals surface area contributed by atoms with E-state index in [2.05, 4.69) is 19.1 Å². The van der Waals surface area contributed by atoms with Gasteiger partial charge in [-0.15, -0.1) is 0 Å². The Bertz CT molecular complexity index is 667. The van der Waals surface area contributed by atoms with Crippen molar-refractivity contribution in [2.24, 2.45) is 0 Å². The van der Waals surface area contributed by atoms with Gasteiger partial charge in [0, 0.05) is 25.9 Å². The number of nitrogens with zero attached hydrogens (tertiary/aromatic N) is 3. The van der Waals surface area contributed by atoms with Crippen LogP contribution in [0.25, 0.3) is 11.3 Å². The first-order valence-electron chi connectivity index (χ1n) is 7.88. The fourth-order valence-electron chi connectivity index (χ4n) is 3.48. The fraction of sp³-hybridized carbons (Fsp3) is 0.444. The van der Waals surface area contributed by atoms with E-state index in [9.17, 15) is 4.79 Å². The molecule has 1 heterocycles. The predicted molar refractivity (Wildman–Crippen MR) is 87.5 cm³/mol. The maximum absolute atomic E-state index is 12.8. The van der Waals surface area contributed by atoms with E-state index in [0.29, 0.717) is 0 Å². The van der Waals surface area contributed by atoms with E-state index < -0.39 is 5.54 Å². The number of likely N-dealkylation sites (N-methyl/N-ethyl adjacent to an activating group) is 1. The molecule has 1 fully saturated rings. The predicted octanol–water partition coefficient (Wildman–Crippen LogP) is 3.22. The molecule has 1 aromatic heterocycles. The number of aryl methyl sites for hydroxylation is 1. The zero-order chi connectivity index (χ0) is 15.7. The summed E-state index contributed by atoms with van der Waals surface area (Å²) in [6.07, 6.45) is 5.95. The van der Waals surface area contributed by atoms with Gasteiger partial charge in [-0.3, -0.25) is 9.48 Å². The summed E-state index contributed by atoms with van der Waals surface area (Å²) in [6, 6.07) is 10.2. The Morgan fingerprint density at radius 2 is 1.82 bits per heavy atom. The van der Waals surface area contributed by atoms with E-state index in [1.165, 1.54) is 0 Å². The molecule has 22 heavy (non-hydrogen) atoms. The molecule has 116 valence electrons. The van der Waals surface area contributed by atoms with Crippen molar-refractivity contribution in [2.45, 2.75) is 38.1 Å². The molecule has 0 N–H and O–H groups in total. The molecule has 0 radical (unpaired) electrons. The van der Waals surface area contributed by atoms with Gasteiger partial charge in [0.05, 0.1) is 5.69 Å². The molecule has 1 aliphatic rings. The quantitative estimate of drug-likeness (QED) is 0.872. The summed E-state index contributed by atoms with van der Waals surface area (Å²) in [7, 11) is 3.66. The van der Waals surface area contributed by atoms with Crippen LogP contribution in [0.3, 0.4) is 0 Å². The van der Waals surface area contributed by atoms with Gasteiger partial charge >= 0.3 is 0 Å². The van der Waals surface area contributed by atoms with E-state index in [1.807, 2.05) is 43.2 Å². The number of carbonyl (C=O) groups excluding carboxylic acids is 1. The highest BCUT2D eigenvalue weighted by molar-refractivity contribution is 5.84. The Morgan fingerprint density at radius 1 is 1.18 bits per heavy atom. The Labute approximate surface area is 131 Å². The van der Waals surface area contributed by atoms with Gasteiger partial charge in [0.2, 0.25) is 5.91 Å². The molecule has 4 nitrogen and oxygen atoms in total. The van der Waals surface area contributed by atoms with Crippen molar-refractivity contribution in [3.05, 3.63) is 42.1 Å². The van der Waals surface area contributed by atoms with Crippen molar-refractivity contribution in [1.82, 2.24) is 14.7 Å². The van der Waals surface area contributed by atoms with Crippen molar-refractivity contribution in [3.8, 4) is 11.3 Å². The summed E-state index contributed by atoms with van der Waals surface area (Å²) in [5.74, 6) is 0.159. The molecule has 4 heteroatoms. The highest BCUT2D eigenvalue weighted by atomic mass is 16.2. The van der Waals surface area contributed by atoms with E-state index >= 15 is 0 Å². The van der Waals surface area contributed by atoms with Gasteiger partial charge in [0.25, 0.3) is 0 Å².